The van der Waals surface area contributed by atoms with Gasteiger partial charge in [0.05, 0.1) is 10.1 Å². The van der Waals surface area contributed by atoms with Gasteiger partial charge in [-0.2, -0.15) is 0 Å². The molecule has 1 aromatic carbocycles. The second-order valence-electron chi connectivity index (χ2n) is 2.64. The number of rotatable bonds is 3. The minimum atomic E-state index is -4.09. The molecule has 0 amide bonds. The molecular weight excluding hydrogens is 279 g/mol. The van der Waals surface area contributed by atoms with E-state index in [0.717, 1.165) is 10.0 Å². The van der Waals surface area contributed by atoms with Crippen molar-refractivity contribution < 1.29 is 42.5 Å². The maximum absolute atomic E-state index is 10.3. The zero-order valence-electron chi connectivity index (χ0n) is 7.73. The SMILES string of the molecule is O=S(=O)([O-])CCc1ccc(Br)cc1.[Na+]. The van der Waals surface area contributed by atoms with Crippen LogP contribution < -0.4 is 29.6 Å². The fourth-order valence-corrected chi connectivity index (χ4v) is 1.64. The van der Waals surface area contributed by atoms with E-state index in [0.29, 0.717) is 0 Å². The maximum Gasteiger partial charge on any atom is 1.00 e. The topological polar surface area (TPSA) is 57.2 Å². The van der Waals surface area contributed by atoms with E-state index in [1.165, 1.54) is 0 Å². The normalized spacial score (nSPS) is 10.7. The number of hydrogen-bond donors (Lipinski definition) is 0. The molecule has 0 aliphatic carbocycles. The molecule has 14 heavy (non-hydrogen) atoms. The molecule has 0 aromatic heterocycles. The second-order valence-corrected chi connectivity index (χ2v) is 5.08. The van der Waals surface area contributed by atoms with E-state index in [2.05, 4.69) is 15.9 Å². The van der Waals surface area contributed by atoms with E-state index in [1.54, 1.807) is 12.1 Å². The molecule has 3 nitrogen and oxygen atoms in total. The number of benzene rings is 1. The molecule has 0 radical (unpaired) electrons. The first-order chi connectivity index (χ1) is 5.97. The van der Waals surface area contributed by atoms with Crippen LogP contribution in [-0.4, -0.2) is 18.7 Å². The van der Waals surface area contributed by atoms with Gasteiger partial charge in [-0.1, -0.05) is 28.1 Å². The Morgan fingerprint density at radius 1 is 1.21 bits per heavy atom. The fourth-order valence-electron chi connectivity index (χ4n) is 0.894. The zero-order valence-corrected chi connectivity index (χ0v) is 12.1. The Balaban J connectivity index is 0.00000169. The predicted molar refractivity (Wildman–Crippen MR) is 52.4 cm³/mol. The first kappa shape index (κ1) is 14.6. The largest absolute Gasteiger partial charge is 1.00 e. The van der Waals surface area contributed by atoms with Crippen LogP contribution in [0.15, 0.2) is 28.7 Å². The van der Waals surface area contributed by atoms with E-state index in [-0.39, 0.29) is 41.7 Å². The van der Waals surface area contributed by atoms with Gasteiger partial charge in [0.15, 0.2) is 0 Å². The Morgan fingerprint density at radius 2 is 1.71 bits per heavy atom. The summed E-state index contributed by atoms with van der Waals surface area (Å²) >= 11 is 3.26. The van der Waals surface area contributed by atoms with Crippen molar-refractivity contribution in [2.45, 2.75) is 6.42 Å². The first-order valence-electron chi connectivity index (χ1n) is 3.65. The van der Waals surface area contributed by atoms with Gasteiger partial charge >= 0.3 is 29.6 Å². The van der Waals surface area contributed by atoms with Crippen molar-refractivity contribution in [3.8, 4) is 0 Å². The van der Waals surface area contributed by atoms with Crippen LogP contribution in [0.4, 0.5) is 0 Å². The van der Waals surface area contributed by atoms with E-state index in [9.17, 15) is 13.0 Å². The molecule has 1 aromatic rings. The number of aryl methyl sites for hydroxylation is 1. The summed E-state index contributed by atoms with van der Waals surface area (Å²) in [5.41, 5.74) is 0.850. The van der Waals surface area contributed by atoms with Crippen molar-refractivity contribution in [1.29, 1.82) is 0 Å². The standard InChI is InChI=1S/C8H9BrO3S.Na/c9-8-3-1-7(2-4-8)5-6-13(10,11)12;/h1-4H,5-6H2,(H,10,11,12);/q;+1/p-1. The summed E-state index contributed by atoms with van der Waals surface area (Å²) in [6.07, 6.45) is 0.277. The Labute approximate surface area is 114 Å². The molecule has 0 atom stereocenters. The minimum Gasteiger partial charge on any atom is -0.748 e. The summed E-state index contributed by atoms with van der Waals surface area (Å²) < 4.78 is 31.9. The Kier molecular flexibility index (Phi) is 6.52. The van der Waals surface area contributed by atoms with E-state index in [1.807, 2.05) is 12.1 Å². The molecule has 0 saturated carbocycles. The third-order valence-electron chi connectivity index (χ3n) is 1.55. The van der Waals surface area contributed by atoms with Gasteiger partial charge in [0, 0.05) is 10.2 Å². The molecule has 0 fully saturated rings. The third kappa shape index (κ3) is 6.16. The van der Waals surface area contributed by atoms with Crippen molar-refractivity contribution in [2.24, 2.45) is 0 Å². The summed E-state index contributed by atoms with van der Waals surface area (Å²) in [6.45, 7) is 0. The average molecular weight is 287 g/mol. The quantitative estimate of drug-likeness (QED) is 0.504. The molecule has 0 aliphatic heterocycles. The molecule has 6 heteroatoms. The molecule has 72 valence electrons. The van der Waals surface area contributed by atoms with Crippen molar-refractivity contribution in [3.05, 3.63) is 34.3 Å². The summed E-state index contributed by atoms with van der Waals surface area (Å²) in [5, 5.41) is 0. The van der Waals surface area contributed by atoms with Gasteiger partial charge in [-0.25, -0.2) is 8.42 Å². The number of halogens is 1. The van der Waals surface area contributed by atoms with Gasteiger partial charge in [0.1, 0.15) is 0 Å². The first-order valence-corrected chi connectivity index (χ1v) is 6.02. The van der Waals surface area contributed by atoms with E-state index >= 15 is 0 Å². The van der Waals surface area contributed by atoms with Crippen molar-refractivity contribution in [1.82, 2.24) is 0 Å². The van der Waals surface area contributed by atoms with Crippen LogP contribution in [0.1, 0.15) is 5.56 Å². The average Bonchev–Trinajstić information content (AvgIpc) is 2.02. The summed E-state index contributed by atoms with van der Waals surface area (Å²) in [5.74, 6) is -0.339. The van der Waals surface area contributed by atoms with Crippen LogP contribution in [0.2, 0.25) is 0 Å². The molecule has 0 spiro atoms. The molecule has 0 saturated heterocycles. The molecule has 1 rings (SSSR count). The van der Waals surface area contributed by atoms with Crippen LogP contribution in [0.5, 0.6) is 0 Å². The summed E-state index contributed by atoms with van der Waals surface area (Å²) in [6, 6.07) is 7.20. The van der Waals surface area contributed by atoms with Gasteiger partial charge in [-0.05, 0) is 24.1 Å². The van der Waals surface area contributed by atoms with Crippen LogP contribution in [0, 0.1) is 0 Å². The van der Waals surface area contributed by atoms with Gasteiger partial charge in [0.25, 0.3) is 0 Å². The molecular formula is C8H8BrNaO3S. The zero-order chi connectivity index (χ0) is 9.90. The van der Waals surface area contributed by atoms with E-state index in [4.69, 9.17) is 0 Å². The van der Waals surface area contributed by atoms with Crippen LogP contribution in [0.25, 0.3) is 0 Å². The second kappa shape index (κ2) is 6.25. The predicted octanol–water partition coefficient (Wildman–Crippen LogP) is -1.46. The fraction of sp³-hybridized carbons (Fsp3) is 0.250. The van der Waals surface area contributed by atoms with Gasteiger partial charge < -0.3 is 4.55 Å². The Hall–Kier alpha value is 0.610. The maximum atomic E-state index is 10.3. The Bertz CT molecular complexity index is 374. The number of hydrogen-bond acceptors (Lipinski definition) is 3. The molecule has 0 heterocycles. The molecule has 0 aliphatic rings. The van der Waals surface area contributed by atoms with E-state index < -0.39 is 10.1 Å². The van der Waals surface area contributed by atoms with Gasteiger partial charge in [-0.15, -0.1) is 0 Å². The molecule has 0 unspecified atom stereocenters. The van der Waals surface area contributed by atoms with Crippen molar-refractivity contribution >= 4 is 26.0 Å². The molecule has 0 bridgehead atoms. The van der Waals surface area contributed by atoms with Crippen LogP contribution in [-0.2, 0) is 16.5 Å². The summed E-state index contributed by atoms with van der Waals surface area (Å²) in [7, 11) is -4.09. The smallest absolute Gasteiger partial charge is 0.748 e. The van der Waals surface area contributed by atoms with Crippen molar-refractivity contribution in [3.63, 3.8) is 0 Å². The van der Waals surface area contributed by atoms with Crippen molar-refractivity contribution in [2.75, 3.05) is 5.75 Å². The van der Waals surface area contributed by atoms with Crippen LogP contribution in [0.3, 0.4) is 0 Å². The van der Waals surface area contributed by atoms with Gasteiger partial charge in [-0.3, -0.25) is 0 Å². The minimum absolute atomic E-state index is 0. The Morgan fingerprint density at radius 3 is 2.14 bits per heavy atom. The monoisotopic (exact) mass is 286 g/mol. The third-order valence-corrected chi connectivity index (χ3v) is 2.79. The van der Waals surface area contributed by atoms with Crippen LogP contribution >= 0.6 is 15.9 Å². The summed E-state index contributed by atoms with van der Waals surface area (Å²) in [4.78, 5) is 0. The molecule has 0 N–H and O–H groups in total. The van der Waals surface area contributed by atoms with Gasteiger partial charge in [0.2, 0.25) is 0 Å².